The number of sulfonamides is 2. The van der Waals surface area contributed by atoms with E-state index in [-0.39, 0.29) is 20.4 Å². The lowest BCUT2D eigenvalue weighted by molar-refractivity contribution is 0.102. The molecular formula is C22H26ClN3O5S2. The first kappa shape index (κ1) is 24.2. The van der Waals surface area contributed by atoms with E-state index in [2.05, 4.69) is 5.32 Å². The Hall–Kier alpha value is -1.98. The number of nitrogens with one attached hydrogen (secondary N) is 1. The molecule has 2 fully saturated rings. The Morgan fingerprint density at radius 2 is 1.30 bits per heavy atom. The molecule has 8 nitrogen and oxygen atoms in total. The monoisotopic (exact) mass is 511 g/mol. The summed E-state index contributed by atoms with van der Waals surface area (Å²) in [6.07, 6.45) is 4.27. The van der Waals surface area contributed by atoms with Gasteiger partial charge < -0.3 is 5.32 Å². The molecule has 2 aliphatic heterocycles. The van der Waals surface area contributed by atoms with Crippen molar-refractivity contribution in [3.05, 3.63) is 53.1 Å². The first-order valence-corrected chi connectivity index (χ1v) is 14.2. The van der Waals surface area contributed by atoms with E-state index in [1.54, 1.807) is 0 Å². The van der Waals surface area contributed by atoms with E-state index in [1.807, 2.05) is 0 Å². The molecule has 2 saturated heterocycles. The standard InChI is InChI=1S/C22H26ClN3O5S2/c23-20-11-6-17(16-21(20)33(30,31)26-12-2-1-3-13-26)22(27)24-18-7-9-19(10-8-18)32(28,29)25-14-4-5-15-25/h6-11,16H,1-5,12-15H2,(H,24,27). The minimum Gasteiger partial charge on any atom is -0.322 e. The molecule has 0 saturated carbocycles. The third kappa shape index (κ3) is 5.09. The van der Waals surface area contributed by atoms with Crippen molar-refractivity contribution in [3.63, 3.8) is 0 Å². The number of anilines is 1. The van der Waals surface area contributed by atoms with E-state index in [9.17, 15) is 21.6 Å². The van der Waals surface area contributed by atoms with Crippen LogP contribution in [0.1, 0.15) is 42.5 Å². The summed E-state index contributed by atoms with van der Waals surface area (Å²) in [5, 5.41) is 2.75. The quantitative estimate of drug-likeness (QED) is 0.638. The van der Waals surface area contributed by atoms with Crippen LogP contribution in [0.5, 0.6) is 0 Å². The summed E-state index contributed by atoms with van der Waals surface area (Å²) >= 11 is 6.18. The highest BCUT2D eigenvalue weighted by Crippen LogP contribution is 2.28. The van der Waals surface area contributed by atoms with Gasteiger partial charge in [0.15, 0.2) is 0 Å². The third-order valence-corrected chi connectivity index (χ3v) is 10.2. The third-order valence-electron chi connectivity index (χ3n) is 5.94. The molecule has 0 aliphatic carbocycles. The fraction of sp³-hybridized carbons (Fsp3) is 0.409. The molecule has 1 amide bonds. The molecule has 0 aromatic heterocycles. The van der Waals surface area contributed by atoms with Crippen molar-refractivity contribution in [1.82, 2.24) is 8.61 Å². The lowest BCUT2D eigenvalue weighted by atomic mass is 10.2. The molecular weight excluding hydrogens is 486 g/mol. The van der Waals surface area contributed by atoms with Crippen LogP contribution in [0.4, 0.5) is 5.69 Å². The van der Waals surface area contributed by atoms with Crippen molar-refractivity contribution in [2.24, 2.45) is 0 Å². The van der Waals surface area contributed by atoms with Gasteiger partial charge in [0.2, 0.25) is 20.0 Å². The Morgan fingerprint density at radius 1 is 0.758 bits per heavy atom. The number of rotatable bonds is 6. The zero-order valence-electron chi connectivity index (χ0n) is 18.0. The van der Waals surface area contributed by atoms with Crippen molar-refractivity contribution in [2.45, 2.75) is 41.9 Å². The Balaban J connectivity index is 1.51. The van der Waals surface area contributed by atoms with Gasteiger partial charge in [-0.1, -0.05) is 18.0 Å². The van der Waals surface area contributed by atoms with Crippen LogP contribution in [0.2, 0.25) is 5.02 Å². The normalized spacial score (nSPS) is 18.3. The molecule has 2 aromatic rings. The van der Waals surface area contributed by atoms with Crippen LogP contribution in [0.25, 0.3) is 0 Å². The Morgan fingerprint density at radius 3 is 1.91 bits per heavy atom. The van der Waals surface area contributed by atoms with Gasteiger partial charge in [0, 0.05) is 37.4 Å². The van der Waals surface area contributed by atoms with E-state index in [4.69, 9.17) is 11.6 Å². The molecule has 2 aliphatic rings. The molecule has 33 heavy (non-hydrogen) atoms. The molecule has 11 heteroatoms. The van der Waals surface area contributed by atoms with Crippen molar-refractivity contribution in [1.29, 1.82) is 0 Å². The van der Waals surface area contributed by atoms with Crippen LogP contribution in [0.15, 0.2) is 52.3 Å². The molecule has 1 N–H and O–H groups in total. The van der Waals surface area contributed by atoms with Crippen LogP contribution in [0.3, 0.4) is 0 Å². The molecule has 178 valence electrons. The number of carbonyl (C=O) groups excluding carboxylic acids is 1. The van der Waals surface area contributed by atoms with Gasteiger partial charge in [-0.2, -0.15) is 8.61 Å². The summed E-state index contributed by atoms with van der Waals surface area (Å²) < 4.78 is 54.2. The number of hydrogen-bond acceptors (Lipinski definition) is 5. The summed E-state index contributed by atoms with van der Waals surface area (Å²) in [6, 6.07) is 10.1. The SMILES string of the molecule is O=C(Nc1ccc(S(=O)(=O)N2CCCC2)cc1)c1ccc(Cl)c(S(=O)(=O)N2CCCCC2)c1. The number of piperidine rings is 1. The van der Waals surface area contributed by atoms with Gasteiger partial charge in [-0.15, -0.1) is 0 Å². The predicted molar refractivity (Wildman–Crippen MR) is 126 cm³/mol. The molecule has 0 bridgehead atoms. The van der Waals surface area contributed by atoms with Gasteiger partial charge in [-0.3, -0.25) is 4.79 Å². The van der Waals surface area contributed by atoms with E-state index in [0.29, 0.717) is 31.9 Å². The molecule has 0 unspecified atom stereocenters. The minimum absolute atomic E-state index is 0.0635. The second kappa shape index (κ2) is 9.71. The maximum atomic E-state index is 13.0. The van der Waals surface area contributed by atoms with Gasteiger partial charge in [0.05, 0.1) is 9.92 Å². The van der Waals surface area contributed by atoms with Crippen molar-refractivity contribution in [2.75, 3.05) is 31.5 Å². The summed E-state index contributed by atoms with van der Waals surface area (Å²) in [6.45, 7) is 1.89. The highest BCUT2D eigenvalue weighted by atomic mass is 35.5. The van der Waals surface area contributed by atoms with E-state index in [1.165, 1.54) is 51.1 Å². The first-order chi connectivity index (χ1) is 15.7. The average Bonchev–Trinajstić information content (AvgIpc) is 3.36. The van der Waals surface area contributed by atoms with Gasteiger partial charge >= 0.3 is 0 Å². The topological polar surface area (TPSA) is 104 Å². The lowest BCUT2D eigenvalue weighted by Gasteiger charge is -2.26. The Labute approximate surface area is 199 Å². The molecule has 0 atom stereocenters. The largest absolute Gasteiger partial charge is 0.322 e. The maximum absolute atomic E-state index is 13.0. The second-order valence-electron chi connectivity index (χ2n) is 8.20. The van der Waals surface area contributed by atoms with Crippen LogP contribution in [0, 0.1) is 0 Å². The zero-order chi connectivity index (χ0) is 23.6. The average molecular weight is 512 g/mol. The number of amides is 1. The van der Waals surface area contributed by atoms with Crippen LogP contribution in [-0.4, -0.2) is 57.5 Å². The van der Waals surface area contributed by atoms with Crippen LogP contribution >= 0.6 is 11.6 Å². The second-order valence-corrected chi connectivity index (χ2v) is 12.5. The van der Waals surface area contributed by atoms with Crippen LogP contribution in [-0.2, 0) is 20.0 Å². The van der Waals surface area contributed by atoms with E-state index in [0.717, 1.165) is 32.1 Å². The fourth-order valence-corrected chi connectivity index (χ4v) is 7.61. The lowest BCUT2D eigenvalue weighted by Crippen LogP contribution is -2.35. The van der Waals surface area contributed by atoms with E-state index >= 15 is 0 Å². The summed E-state index contributed by atoms with van der Waals surface area (Å²) in [5.41, 5.74) is 0.541. The van der Waals surface area contributed by atoms with Crippen molar-refractivity contribution in [3.8, 4) is 0 Å². The highest BCUT2D eigenvalue weighted by Gasteiger charge is 2.29. The van der Waals surface area contributed by atoms with Gasteiger partial charge in [0.1, 0.15) is 4.90 Å². The van der Waals surface area contributed by atoms with Gasteiger partial charge in [0.25, 0.3) is 5.91 Å². The van der Waals surface area contributed by atoms with Gasteiger partial charge in [-0.25, -0.2) is 16.8 Å². The van der Waals surface area contributed by atoms with Crippen molar-refractivity contribution >= 4 is 43.2 Å². The Bertz CT molecular complexity index is 1240. The molecule has 0 radical (unpaired) electrons. The summed E-state index contributed by atoms with van der Waals surface area (Å²) in [4.78, 5) is 12.9. The summed E-state index contributed by atoms with van der Waals surface area (Å²) in [5.74, 6) is -0.517. The number of benzene rings is 2. The van der Waals surface area contributed by atoms with Crippen LogP contribution < -0.4 is 5.32 Å². The number of nitrogens with zero attached hydrogens (tertiary/aromatic N) is 2. The summed E-state index contributed by atoms with van der Waals surface area (Å²) in [7, 11) is -7.34. The number of carbonyl (C=O) groups is 1. The molecule has 2 heterocycles. The van der Waals surface area contributed by atoms with Crippen molar-refractivity contribution < 1.29 is 21.6 Å². The zero-order valence-corrected chi connectivity index (χ0v) is 20.4. The van der Waals surface area contributed by atoms with E-state index < -0.39 is 26.0 Å². The minimum atomic E-state index is -3.80. The maximum Gasteiger partial charge on any atom is 0.255 e. The molecule has 2 aromatic carbocycles. The number of halogens is 1. The predicted octanol–water partition coefficient (Wildman–Crippen LogP) is 3.55. The highest BCUT2D eigenvalue weighted by molar-refractivity contribution is 7.89. The molecule has 4 rings (SSSR count). The number of hydrogen-bond donors (Lipinski definition) is 1. The smallest absolute Gasteiger partial charge is 0.255 e. The van der Waals surface area contributed by atoms with Gasteiger partial charge in [-0.05, 0) is 68.1 Å². The molecule has 0 spiro atoms. The first-order valence-electron chi connectivity index (χ1n) is 10.9. The fourth-order valence-electron chi connectivity index (χ4n) is 4.08. The Kier molecular flexibility index (Phi) is 7.11.